The van der Waals surface area contributed by atoms with E-state index in [1.54, 1.807) is 25.3 Å². The highest BCUT2D eigenvalue weighted by atomic mass is 19.2. The first-order valence-electron chi connectivity index (χ1n) is 8.76. The van der Waals surface area contributed by atoms with Gasteiger partial charge in [-0.2, -0.15) is 0 Å². The smallest absolute Gasteiger partial charge is 0.249 e. The molecular weight excluding hydrogens is 362 g/mol. The molecule has 2 N–H and O–H groups in total. The predicted octanol–water partition coefficient (Wildman–Crippen LogP) is 4.37. The molecule has 3 aromatic carbocycles. The van der Waals surface area contributed by atoms with Crippen molar-refractivity contribution in [1.82, 2.24) is 4.57 Å². The van der Waals surface area contributed by atoms with Gasteiger partial charge in [-0.05, 0) is 41.5 Å². The topological polar surface area (TPSA) is 57.2 Å². The summed E-state index contributed by atoms with van der Waals surface area (Å²) in [5.74, 6) is -2.29. The van der Waals surface area contributed by atoms with Gasteiger partial charge in [0, 0.05) is 35.5 Å². The Morgan fingerprint density at radius 3 is 2.50 bits per heavy atom. The molecule has 1 aromatic heterocycles. The standard InChI is InChI=1S/C22H18F2N2O2/c1-28-12-14-5-7-15-20(10-14)26(11-13-6-8-17(23)18(24)9-13)19-4-2-3-16(21(15)19)22(25)27/h2-10H,11-12H2,1H3,(H2,25,27). The van der Waals surface area contributed by atoms with E-state index in [2.05, 4.69) is 0 Å². The van der Waals surface area contributed by atoms with Crippen LogP contribution in [0.5, 0.6) is 0 Å². The lowest BCUT2D eigenvalue weighted by Crippen LogP contribution is -2.11. The Kier molecular flexibility index (Phi) is 4.57. The number of nitrogens with zero attached hydrogens (tertiary/aromatic N) is 1. The van der Waals surface area contributed by atoms with Gasteiger partial charge in [0.2, 0.25) is 5.91 Å². The number of fused-ring (bicyclic) bond motifs is 3. The summed E-state index contributed by atoms with van der Waals surface area (Å²) < 4.78 is 34.2. The van der Waals surface area contributed by atoms with Crippen molar-refractivity contribution in [1.29, 1.82) is 0 Å². The molecule has 1 heterocycles. The summed E-state index contributed by atoms with van der Waals surface area (Å²) in [5.41, 5.74) is 9.24. The van der Waals surface area contributed by atoms with E-state index in [1.807, 2.05) is 28.8 Å². The number of benzene rings is 3. The molecule has 0 saturated heterocycles. The van der Waals surface area contributed by atoms with Crippen LogP contribution in [0.2, 0.25) is 0 Å². The molecule has 0 radical (unpaired) electrons. The third-order valence-electron chi connectivity index (χ3n) is 4.86. The van der Waals surface area contributed by atoms with Gasteiger partial charge in [0.05, 0.1) is 12.1 Å². The zero-order valence-electron chi connectivity index (χ0n) is 15.2. The van der Waals surface area contributed by atoms with Gasteiger partial charge in [-0.3, -0.25) is 4.79 Å². The van der Waals surface area contributed by atoms with Crippen molar-refractivity contribution in [2.75, 3.05) is 7.11 Å². The molecule has 0 atom stereocenters. The SMILES string of the molecule is COCc1ccc2c3c(C(N)=O)cccc3n(Cc3ccc(F)c(F)c3)c2c1. The van der Waals surface area contributed by atoms with Gasteiger partial charge in [0.15, 0.2) is 11.6 Å². The second-order valence-corrected chi connectivity index (χ2v) is 6.68. The lowest BCUT2D eigenvalue weighted by molar-refractivity contribution is 0.100. The fraction of sp³-hybridized carbons (Fsp3) is 0.136. The van der Waals surface area contributed by atoms with Crippen LogP contribution in [0.15, 0.2) is 54.6 Å². The van der Waals surface area contributed by atoms with E-state index in [0.29, 0.717) is 24.3 Å². The molecular formula is C22H18F2N2O2. The fourth-order valence-electron chi connectivity index (χ4n) is 3.64. The minimum absolute atomic E-state index is 0.315. The number of hydrogen-bond donors (Lipinski definition) is 1. The molecule has 0 aliphatic rings. The summed E-state index contributed by atoms with van der Waals surface area (Å²) in [5, 5.41) is 1.61. The van der Waals surface area contributed by atoms with Crippen LogP contribution in [0.4, 0.5) is 8.78 Å². The average molecular weight is 380 g/mol. The number of methoxy groups -OCH3 is 1. The summed E-state index contributed by atoms with van der Waals surface area (Å²) in [6.07, 6.45) is 0. The van der Waals surface area contributed by atoms with Crippen LogP contribution in [0.25, 0.3) is 21.8 Å². The number of carbonyl (C=O) groups excluding carboxylic acids is 1. The number of halogens is 2. The number of ether oxygens (including phenoxy) is 1. The van der Waals surface area contributed by atoms with Gasteiger partial charge >= 0.3 is 0 Å². The first kappa shape index (κ1) is 18.1. The molecule has 4 nitrogen and oxygen atoms in total. The first-order valence-corrected chi connectivity index (χ1v) is 8.76. The van der Waals surface area contributed by atoms with E-state index in [0.717, 1.165) is 33.4 Å². The van der Waals surface area contributed by atoms with Gasteiger partial charge in [0.25, 0.3) is 0 Å². The van der Waals surface area contributed by atoms with Crippen LogP contribution in [-0.2, 0) is 17.9 Å². The molecule has 0 bridgehead atoms. The maximum atomic E-state index is 13.7. The fourth-order valence-corrected chi connectivity index (χ4v) is 3.64. The lowest BCUT2D eigenvalue weighted by atomic mass is 10.0. The van der Waals surface area contributed by atoms with Crippen molar-refractivity contribution in [2.24, 2.45) is 5.73 Å². The van der Waals surface area contributed by atoms with Gasteiger partial charge in [-0.15, -0.1) is 0 Å². The monoisotopic (exact) mass is 380 g/mol. The van der Waals surface area contributed by atoms with E-state index in [-0.39, 0.29) is 0 Å². The number of rotatable bonds is 5. The predicted molar refractivity (Wildman–Crippen MR) is 104 cm³/mol. The number of nitrogens with two attached hydrogens (primary N) is 1. The van der Waals surface area contributed by atoms with Gasteiger partial charge in [0.1, 0.15) is 0 Å². The summed E-state index contributed by atoms with van der Waals surface area (Å²) in [4.78, 5) is 12.0. The van der Waals surface area contributed by atoms with Crippen molar-refractivity contribution in [3.05, 3.63) is 82.9 Å². The quantitative estimate of drug-likeness (QED) is 0.559. The highest BCUT2D eigenvalue weighted by Crippen LogP contribution is 2.33. The van der Waals surface area contributed by atoms with Gasteiger partial charge in [-0.25, -0.2) is 8.78 Å². The maximum Gasteiger partial charge on any atom is 0.249 e. The van der Waals surface area contributed by atoms with E-state index in [9.17, 15) is 13.6 Å². The average Bonchev–Trinajstić information content (AvgIpc) is 2.98. The molecule has 0 spiro atoms. The molecule has 4 rings (SSSR count). The molecule has 142 valence electrons. The Bertz CT molecular complexity index is 1210. The van der Waals surface area contributed by atoms with Crippen molar-refractivity contribution >= 4 is 27.7 Å². The van der Waals surface area contributed by atoms with Crippen LogP contribution < -0.4 is 5.73 Å². The van der Waals surface area contributed by atoms with E-state index >= 15 is 0 Å². The Balaban J connectivity index is 2.00. The summed E-state index contributed by atoms with van der Waals surface area (Å²) in [6, 6.07) is 15.0. The minimum atomic E-state index is -0.892. The van der Waals surface area contributed by atoms with Crippen molar-refractivity contribution in [3.63, 3.8) is 0 Å². The van der Waals surface area contributed by atoms with Gasteiger partial charge in [-0.1, -0.05) is 24.3 Å². The summed E-state index contributed by atoms with van der Waals surface area (Å²) in [7, 11) is 1.62. The Morgan fingerprint density at radius 2 is 1.79 bits per heavy atom. The Morgan fingerprint density at radius 1 is 1.00 bits per heavy atom. The molecule has 0 aliphatic heterocycles. The maximum absolute atomic E-state index is 13.7. The number of amides is 1. The van der Waals surface area contributed by atoms with Crippen LogP contribution in [0.1, 0.15) is 21.5 Å². The van der Waals surface area contributed by atoms with Crippen LogP contribution >= 0.6 is 0 Å². The normalized spacial score (nSPS) is 11.4. The second-order valence-electron chi connectivity index (χ2n) is 6.68. The van der Waals surface area contributed by atoms with Crippen molar-refractivity contribution < 1.29 is 18.3 Å². The largest absolute Gasteiger partial charge is 0.380 e. The van der Waals surface area contributed by atoms with Crippen molar-refractivity contribution in [2.45, 2.75) is 13.2 Å². The molecule has 28 heavy (non-hydrogen) atoms. The summed E-state index contributed by atoms with van der Waals surface area (Å²) in [6.45, 7) is 0.751. The Labute approximate surface area is 160 Å². The molecule has 0 fully saturated rings. The minimum Gasteiger partial charge on any atom is -0.380 e. The van der Waals surface area contributed by atoms with Crippen LogP contribution in [0.3, 0.4) is 0 Å². The highest BCUT2D eigenvalue weighted by molar-refractivity contribution is 6.17. The zero-order valence-corrected chi connectivity index (χ0v) is 15.2. The first-order chi connectivity index (χ1) is 13.5. The number of aromatic nitrogens is 1. The number of hydrogen-bond acceptors (Lipinski definition) is 2. The lowest BCUT2D eigenvalue weighted by Gasteiger charge is -2.09. The van der Waals surface area contributed by atoms with Crippen LogP contribution in [0, 0.1) is 11.6 Å². The molecule has 0 saturated carbocycles. The summed E-state index contributed by atoms with van der Waals surface area (Å²) >= 11 is 0. The molecule has 6 heteroatoms. The third kappa shape index (κ3) is 3.01. The number of primary amides is 1. The Hall–Kier alpha value is -3.25. The number of carbonyl (C=O) groups is 1. The molecule has 4 aromatic rings. The van der Waals surface area contributed by atoms with E-state index in [1.165, 1.54) is 6.07 Å². The molecule has 0 unspecified atom stereocenters. The third-order valence-corrected chi connectivity index (χ3v) is 4.86. The van der Waals surface area contributed by atoms with Crippen LogP contribution in [-0.4, -0.2) is 17.6 Å². The zero-order chi connectivity index (χ0) is 19.8. The molecule has 0 aliphatic carbocycles. The highest BCUT2D eigenvalue weighted by Gasteiger charge is 2.17. The van der Waals surface area contributed by atoms with E-state index in [4.69, 9.17) is 10.5 Å². The van der Waals surface area contributed by atoms with Gasteiger partial charge < -0.3 is 15.0 Å². The van der Waals surface area contributed by atoms with E-state index < -0.39 is 17.5 Å². The second kappa shape index (κ2) is 7.05. The molecule has 1 amide bonds. The van der Waals surface area contributed by atoms with Crippen molar-refractivity contribution in [3.8, 4) is 0 Å².